The first-order valence-corrected chi connectivity index (χ1v) is 12.7. The van der Waals surface area contributed by atoms with Crippen molar-refractivity contribution in [2.45, 2.75) is 30.9 Å². The first-order chi connectivity index (χ1) is 16.8. The Morgan fingerprint density at radius 3 is 2.31 bits per heavy atom. The minimum atomic E-state index is -0.571. The Morgan fingerprint density at radius 1 is 0.943 bits per heavy atom. The number of thiazole rings is 1. The van der Waals surface area contributed by atoms with Crippen molar-refractivity contribution in [3.63, 3.8) is 0 Å². The van der Waals surface area contributed by atoms with E-state index >= 15 is 0 Å². The first kappa shape index (κ1) is 24.6. The standard InChI is InChI=1S/C27H24FN3O2S2/c1-16-8-10-19(11-9-16)24-17(2)35-27(30-24)31-25(32)18(3)34-21-14-12-20(13-15-21)29-26(33)22-6-4-5-7-23(22)28/h4-15,18H,1-3H3,(H,29,33)(H,30,31,32). The van der Waals surface area contributed by atoms with E-state index in [0.717, 1.165) is 21.0 Å². The van der Waals surface area contributed by atoms with Crippen LogP contribution in [0, 0.1) is 19.7 Å². The van der Waals surface area contributed by atoms with E-state index in [-0.39, 0.29) is 16.7 Å². The summed E-state index contributed by atoms with van der Waals surface area (Å²) in [7, 11) is 0. The van der Waals surface area contributed by atoms with E-state index in [0.29, 0.717) is 10.8 Å². The van der Waals surface area contributed by atoms with Gasteiger partial charge in [-0.15, -0.1) is 23.1 Å². The second kappa shape index (κ2) is 10.8. The van der Waals surface area contributed by atoms with Crippen molar-refractivity contribution in [2.75, 3.05) is 10.6 Å². The average Bonchev–Trinajstić information content (AvgIpc) is 3.20. The lowest BCUT2D eigenvalue weighted by molar-refractivity contribution is -0.115. The summed E-state index contributed by atoms with van der Waals surface area (Å²) in [6, 6.07) is 21.1. The van der Waals surface area contributed by atoms with Gasteiger partial charge in [0.05, 0.1) is 16.5 Å². The van der Waals surface area contributed by atoms with E-state index < -0.39 is 11.7 Å². The van der Waals surface area contributed by atoms with Crippen LogP contribution in [0.5, 0.6) is 0 Å². The SMILES string of the molecule is Cc1ccc(-c2nc(NC(=O)C(C)Sc3ccc(NC(=O)c4ccccc4F)cc3)sc2C)cc1. The molecule has 1 unspecified atom stereocenters. The molecule has 4 rings (SSSR count). The fourth-order valence-electron chi connectivity index (χ4n) is 3.35. The van der Waals surface area contributed by atoms with Crippen LogP contribution in [0.25, 0.3) is 11.3 Å². The topological polar surface area (TPSA) is 71.1 Å². The second-order valence-electron chi connectivity index (χ2n) is 8.00. The maximum absolute atomic E-state index is 13.8. The van der Waals surface area contributed by atoms with Crippen molar-refractivity contribution in [3.8, 4) is 11.3 Å². The molecule has 0 spiro atoms. The quantitative estimate of drug-likeness (QED) is 0.267. The summed E-state index contributed by atoms with van der Waals surface area (Å²) in [5, 5.41) is 5.82. The van der Waals surface area contributed by atoms with Gasteiger partial charge in [0.15, 0.2) is 5.13 Å². The Balaban J connectivity index is 1.35. The zero-order valence-corrected chi connectivity index (χ0v) is 21.1. The van der Waals surface area contributed by atoms with Crippen molar-refractivity contribution < 1.29 is 14.0 Å². The van der Waals surface area contributed by atoms with Gasteiger partial charge >= 0.3 is 0 Å². The summed E-state index contributed by atoms with van der Waals surface area (Å²) in [5.41, 5.74) is 3.61. The molecule has 4 aromatic rings. The van der Waals surface area contributed by atoms with Crippen LogP contribution in [0.1, 0.15) is 27.7 Å². The largest absolute Gasteiger partial charge is 0.322 e. The van der Waals surface area contributed by atoms with Crippen molar-refractivity contribution in [2.24, 2.45) is 0 Å². The molecule has 1 heterocycles. The molecule has 0 saturated heterocycles. The molecular weight excluding hydrogens is 481 g/mol. The van der Waals surface area contributed by atoms with Gasteiger partial charge in [0.1, 0.15) is 5.82 Å². The van der Waals surface area contributed by atoms with Gasteiger partial charge in [-0.3, -0.25) is 9.59 Å². The number of carbonyl (C=O) groups is 2. The Kier molecular flexibility index (Phi) is 7.63. The lowest BCUT2D eigenvalue weighted by Crippen LogP contribution is -2.22. The Labute approximate surface area is 211 Å². The predicted octanol–water partition coefficient (Wildman–Crippen LogP) is 6.94. The number of nitrogens with zero attached hydrogens (tertiary/aromatic N) is 1. The Hall–Kier alpha value is -3.49. The average molecular weight is 506 g/mol. The van der Waals surface area contributed by atoms with Crippen LogP contribution < -0.4 is 10.6 Å². The van der Waals surface area contributed by atoms with Crippen LogP contribution in [-0.4, -0.2) is 22.0 Å². The van der Waals surface area contributed by atoms with Crippen LogP contribution in [-0.2, 0) is 4.79 Å². The Bertz CT molecular complexity index is 1350. The van der Waals surface area contributed by atoms with Gasteiger partial charge in [-0.1, -0.05) is 42.0 Å². The van der Waals surface area contributed by atoms with Crippen LogP contribution >= 0.6 is 23.1 Å². The highest BCUT2D eigenvalue weighted by molar-refractivity contribution is 8.00. The molecule has 0 aliphatic rings. The summed E-state index contributed by atoms with van der Waals surface area (Å²) in [6.07, 6.45) is 0. The van der Waals surface area contributed by atoms with Crippen molar-refractivity contribution in [1.29, 1.82) is 0 Å². The number of hydrogen-bond acceptors (Lipinski definition) is 5. The molecule has 0 bridgehead atoms. The van der Waals surface area contributed by atoms with Crippen molar-refractivity contribution in [3.05, 3.63) is 94.6 Å². The fourth-order valence-corrected chi connectivity index (χ4v) is 5.06. The number of benzene rings is 3. The molecule has 178 valence electrons. The first-order valence-electron chi connectivity index (χ1n) is 11.0. The zero-order valence-electron chi connectivity index (χ0n) is 19.5. The van der Waals surface area contributed by atoms with Gasteiger partial charge in [0.25, 0.3) is 5.91 Å². The molecule has 5 nitrogen and oxygen atoms in total. The predicted molar refractivity (Wildman–Crippen MR) is 142 cm³/mol. The summed E-state index contributed by atoms with van der Waals surface area (Å²) in [5.74, 6) is -1.23. The third-order valence-corrected chi connectivity index (χ3v) is 7.26. The van der Waals surface area contributed by atoms with Crippen LogP contribution in [0.2, 0.25) is 0 Å². The number of thioether (sulfide) groups is 1. The monoisotopic (exact) mass is 505 g/mol. The second-order valence-corrected chi connectivity index (χ2v) is 10.6. The molecule has 1 aromatic heterocycles. The summed E-state index contributed by atoms with van der Waals surface area (Å²) in [4.78, 5) is 31.6. The van der Waals surface area contributed by atoms with Crippen molar-refractivity contribution >= 4 is 45.7 Å². The van der Waals surface area contributed by atoms with E-state index in [1.165, 1.54) is 46.9 Å². The number of carbonyl (C=O) groups excluding carboxylic acids is 2. The summed E-state index contributed by atoms with van der Waals surface area (Å²) < 4.78 is 13.8. The highest BCUT2D eigenvalue weighted by atomic mass is 32.2. The molecule has 0 aliphatic carbocycles. The number of anilines is 2. The lowest BCUT2D eigenvalue weighted by atomic mass is 10.1. The molecule has 3 aromatic carbocycles. The van der Waals surface area contributed by atoms with Crippen molar-refractivity contribution in [1.82, 2.24) is 4.98 Å². The lowest BCUT2D eigenvalue weighted by Gasteiger charge is -2.11. The van der Waals surface area contributed by atoms with Gasteiger partial charge < -0.3 is 10.6 Å². The van der Waals surface area contributed by atoms with Gasteiger partial charge in [0, 0.05) is 21.0 Å². The Morgan fingerprint density at radius 2 is 1.63 bits per heavy atom. The fraction of sp³-hybridized carbons (Fsp3) is 0.148. The van der Waals surface area contributed by atoms with Gasteiger partial charge in [-0.25, -0.2) is 9.37 Å². The molecule has 0 aliphatic heterocycles. The van der Waals surface area contributed by atoms with Crippen LogP contribution in [0.3, 0.4) is 0 Å². The molecule has 0 radical (unpaired) electrons. The van der Waals surface area contributed by atoms with Crippen LogP contribution in [0.15, 0.2) is 77.7 Å². The molecule has 2 N–H and O–H groups in total. The third kappa shape index (κ3) is 6.15. The molecule has 8 heteroatoms. The van der Waals surface area contributed by atoms with Gasteiger partial charge in [-0.05, 0) is 57.2 Å². The number of amides is 2. The number of aromatic nitrogens is 1. The van der Waals surface area contributed by atoms with E-state index in [1.807, 2.05) is 57.2 Å². The molecule has 35 heavy (non-hydrogen) atoms. The number of halogens is 1. The smallest absolute Gasteiger partial charge is 0.258 e. The van der Waals surface area contributed by atoms with E-state index in [9.17, 15) is 14.0 Å². The van der Waals surface area contributed by atoms with Gasteiger partial charge in [-0.2, -0.15) is 0 Å². The maximum atomic E-state index is 13.8. The summed E-state index contributed by atoms with van der Waals surface area (Å²) in [6.45, 7) is 5.86. The number of nitrogens with one attached hydrogen (secondary N) is 2. The maximum Gasteiger partial charge on any atom is 0.258 e. The number of hydrogen-bond donors (Lipinski definition) is 2. The molecule has 1 atom stereocenters. The highest BCUT2D eigenvalue weighted by Gasteiger charge is 2.18. The van der Waals surface area contributed by atoms with E-state index in [4.69, 9.17) is 0 Å². The van der Waals surface area contributed by atoms with Gasteiger partial charge in [0.2, 0.25) is 5.91 Å². The molecule has 2 amide bonds. The minimum absolute atomic E-state index is 0.0146. The van der Waals surface area contributed by atoms with Crippen LogP contribution in [0.4, 0.5) is 15.2 Å². The van der Waals surface area contributed by atoms with E-state index in [2.05, 4.69) is 15.6 Å². The summed E-state index contributed by atoms with van der Waals surface area (Å²) >= 11 is 2.85. The molecular formula is C27H24FN3O2S2. The minimum Gasteiger partial charge on any atom is -0.322 e. The van der Waals surface area contributed by atoms with E-state index in [1.54, 1.807) is 18.2 Å². The molecule has 0 fully saturated rings. The normalized spacial score (nSPS) is 11.7. The highest BCUT2D eigenvalue weighted by Crippen LogP contribution is 2.32. The number of aryl methyl sites for hydroxylation is 2. The third-order valence-electron chi connectivity index (χ3n) is 5.26. The number of rotatable bonds is 7. The zero-order chi connectivity index (χ0) is 24.9. The molecule has 0 saturated carbocycles.